The summed E-state index contributed by atoms with van der Waals surface area (Å²) in [4.78, 5) is 12.4. The first-order chi connectivity index (χ1) is 14.0. The van der Waals surface area contributed by atoms with Crippen molar-refractivity contribution in [1.82, 2.24) is 5.43 Å². The summed E-state index contributed by atoms with van der Waals surface area (Å²) >= 11 is 0. The van der Waals surface area contributed by atoms with E-state index >= 15 is 0 Å². The van der Waals surface area contributed by atoms with Gasteiger partial charge in [0.25, 0.3) is 15.9 Å². The molecule has 2 aromatic carbocycles. The van der Waals surface area contributed by atoms with E-state index in [4.69, 9.17) is 9.15 Å². The molecule has 150 valence electrons. The minimum Gasteiger partial charge on any atom is -0.497 e. The van der Waals surface area contributed by atoms with Gasteiger partial charge in [-0.3, -0.25) is 9.10 Å². The lowest BCUT2D eigenvalue weighted by atomic mass is 10.3. The topological polar surface area (TPSA) is 101 Å². The van der Waals surface area contributed by atoms with E-state index in [2.05, 4.69) is 10.5 Å². The summed E-state index contributed by atoms with van der Waals surface area (Å²) in [5, 5.41) is 3.78. The van der Waals surface area contributed by atoms with Gasteiger partial charge in [0.05, 0.1) is 30.2 Å². The number of methoxy groups -OCH3 is 1. The van der Waals surface area contributed by atoms with Crippen LogP contribution in [0.1, 0.15) is 5.76 Å². The molecular formula is C20H19N3O5S. The van der Waals surface area contributed by atoms with Crippen LogP contribution in [-0.4, -0.2) is 34.2 Å². The molecule has 0 unspecified atom stereocenters. The van der Waals surface area contributed by atoms with Gasteiger partial charge in [-0.15, -0.1) is 0 Å². The van der Waals surface area contributed by atoms with Crippen molar-refractivity contribution in [2.75, 3.05) is 18.0 Å². The first kappa shape index (κ1) is 20.2. The highest BCUT2D eigenvalue weighted by atomic mass is 32.2. The van der Waals surface area contributed by atoms with E-state index in [1.54, 1.807) is 54.6 Å². The fraction of sp³-hybridized carbons (Fsp3) is 0.100. The zero-order valence-corrected chi connectivity index (χ0v) is 16.4. The zero-order valence-electron chi connectivity index (χ0n) is 15.6. The summed E-state index contributed by atoms with van der Waals surface area (Å²) in [5.41, 5.74) is 2.63. The van der Waals surface area contributed by atoms with Crippen LogP contribution < -0.4 is 14.5 Å². The lowest BCUT2D eigenvalue weighted by Gasteiger charge is -2.23. The van der Waals surface area contributed by atoms with E-state index in [0.29, 0.717) is 17.2 Å². The largest absolute Gasteiger partial charge is 0.497 e. The summed E-state index contributed by atoms with van der Waals surface area (Å²) in [7, 11) is -2.46. The molecule has 0 saturated carbocycles. The molecule has 3 rings (SSSR count). The van der Waals surface area contributed by atoms with Crippen LogP contribution in [0.4, 0.5) is 5.69 Å². The molecule has 9 heteroatoms. The Hall–Kier alpha value is -3.59. The normalized spacial score (nSPS) is 11.3. The first-order valence-electron chi connectivity index (χ1n) is 8.58. The average Bonchev–Trinajstić information content (AvgIpc) is 3.26. The molecule has 29 heavy (non-hydrogen) atoms. The molecular weight excluding hydrogens is 394 g/mol. The fourth-order valence-electron chi connectivity index (χ4n) is 2.48. The van der Waals surface area contributed by atoms with Crippen LogP contribution in [0.3, 0.4) is 0 Å². The number of furan rings is 1. The molecule has 0 spiro atoms. The van der Waals surface area contributed by atoms with Gasteiger partial charge in [-0.25, -0.2) is 13.8 Å². The van der Waals surface area contributed by atoms with Crippen LogP contribution in [0.2, 0.25) is 0 Å². The van der Waals surface area contributed by atoms with Gasteiger partial charge < -0.3 is 9.15 Å². The number of hydrogen-bond donors (Lipinski definition) is 1. The van der Waals surface area contributed by atoms with E-state index in [0.717, 1.165) is 4.31 Å². The van der Waals surface area contributed by atoms with Crippen molar-refractivity contribution < 1.29 is 22.4 Å². The van der Waals surface area contributed by atoms with Gasteiger partial charge in [-0.05, 0) is 48.5 Å². The number of benzene rings is 2. The Morgan fingerprint density at radius 2 is 1.83 bits per heavy atom. The van der Waals surface area contributed by atoms with Gasteiger partial charge in [0.15, 0.2) is 0 Å². The lowest BCUT2D eigenvalue weighted by Crippen LogP contribution is -2.39. The Balaban J connectivity index is 1.85. The van der Waals surface area contributed by atoms with Gasteiger partial charge >= 0.3 is 0 Å². The van der Waals surface area contributed by atoms with Crippen LogP contribution in [-0.2, 0) is 14.8 Å². The second kappa shape index (κ2) is 9.07. The number of nitrogens with one attached hydrogen (secondary N) is 1. The summed E-state index contributed by atoms with van der Waals surface area (Å²) in [5.74, 6) is 0.413. The van der Waals surface area contributed by atoms with Crippen molar-refractivity contribution in [2.45, 2.75) is 4.90 Å². The highest BCUT2D eigenvalue weighted by Gasteiger charge is 2.27. The Bertz CT molecular complexity index is 1060. The maximum absolute atomic E-state index is 13.1. The number of amides is 1. The molecule has 3 aromatic rings. The molecule has 0 fully saturated rings. The zero-order chi connectivity index (χ0) is 20.7. The predicted molar refractivity (Wildman–Crippen MR) is 108 cm³/mol. The van der Waals surface area contributed by atoms with Crippen molar-refractivity contribution in [2.24, 2.45) is 5.10 Å². The maximum atomic E-state index is 13.1. The van der Waals surface area contributed by atoms with Crippen LogP contribution in [0.5, 0.6) is 5.75 Å². The van der Waals surface area contributed by atoms with Gasteiger partial charge in [0, 0.05) is 0 Å². The number of anilines is 1. The number of hydrogen-bond acceptors (Lipinski definition) is 6. The lowest BCUT2D eigenvalue weighted by molar-refractivity contribution is -0.119. The van der Waals surface area contributed by atoms with Crippen LogP contribution >= 0.6 is 0 Å². The first-order valence-corrected chi connectivity index (χ1v) is 10.0. The van der Waals surface area contributed by atoms with Crippen molar-refractivity contribution in [1.29, 1.82) is 0 Å². The van der Waals surface area contributed by atoms with Gasteiger partial charge in [-0.2, -0.15) is 5.10 Å². The Morgan fingerprint density at radius 3 is 2.45 bits per heavy atom. The molecule has 1 aromatic heterocycles. The van der Waals surface area contributed by atoms with Crippen molar-refractivity contribution in [3.8, 4) is 5.75 Å². The average molecular weight is 413 g/mol. The van der Waals surface area contributed by atoms with Gasteiger partial charge in [0.1, 0.15) is 18.1 Å². The van der Waals surface area contributed by atoms with E-state index in [1.807, 2.05) is 0 Å². The third-order valence-electron chi connectivity index (χ3n) is 3.90. The van der Waals surface area contributed by atoms with Crippen molar-refractivity contribution >= 4 is 27.8 Å². The Morgan fingerprint density at radius 1 is 1.10 bits per heavy atom. The third kappa shape index (κ3) is 5.02. The standard InChI is InChI=1S/C20H19N3O5S/c1-27-17-11-9-16(10-12-17)23(29(25,26)19-7-3-2-4-8-19)15-20(24)22-21-14-18-6-5-13-28-18/h2-14H,15H2,1H3,(H,22,24)/b21-14-. The molecule has 8 nitrogen and oxygen atoms in total. The van der Waals surface area contributed by atoms with E-state index in [-0.39, 0.29) is 4.90 Å². The fourth-order valence-corrected chi connectivity index (χ4v) is 3.92. The molecule has 0 aliphatic heterocycles. The monoisotopic (exact) mass is 413 g/mol. The smallest absolute Gasteiger partial charge is 0.264 e. The van der Waals surface area contributed by atoms with Crippen LogP contribution in [0, 0.1) is 0 Å². The molecule has 0 bridgehead atoms. The SMILES string of the molecule is COc1ccc(N(CC(=O)N/N=C\c2ccco2)S(=O)(=O)c2ccccc2)cc1. The molecule has 0 atom stereocenters. The van der Waals surface area contributed by atoms with E-state index in [1.165, 1.54) is 31.7 Å². The van der Waals surface area contributed by atoms with Crippen LogP contribution in [0.15, 0.2) is 87.4 Å². The molecule has 1 amide bonds. The number of ether oxygens (including phenoxy) is 1. The van der Waals surface area contributed by atoms with E-state index in [9.17, 15) is 13.2 Å². The number of carbonyl (C=O) groups is 1. The van der Waals surface area contributed by atoms with Crippen molar-refractivity contribution in [3.63, 3.8) is 0 Å². The molecule has 1 heterocycles. The minimum atomic E-state index is -3.98. The number of sulfonamides is 1. The summed E-state index contributed by atoms with van der Waals surface area (Å²) < 4.78 is 37.5. The minimum absolute atomic E-state index is 0.0719. The summed E-state index contributed by atoms with van der Waals surface area (Å²) in [6.07, 6.45) is 2.79. The molecule has 0 aliphatic rings. The van der Waals surface area contributed by atoms with Crippen LogP contribution in [0.25, 0.3) is 0 Å². The summed E-state index contributed by atoms with van der Waals surface area (Å²) in [6.45, 7) is -0.459. The number of carbonyl (C=O) groups excluding carboxylic acids is 1. The quantitative estimate of drug-likeness (QED) is 0.452. The molecule has 1 N–H and O–H groups in total. The van der Waals surface area contributed by atoms with Gasteiger partial charge in [0.2, 0.25) is 0 Å². The number of hydrazone groups is 1. The second-order valence-electron chi connectivity index (χ2n) is 5.83. The molecule has 0 aliphatic carbocycles. The summed E-state index contributed by atoms with van der Waals surface area (Å²) in [6, 6.07) is 17.6. The molecule has 0 radical (unpaired) electrons. The number of rotatable bonds is 8. The maximum Gasteiger partial charge on any atom is 0.264 e. The van der Waals surface area contributed by atoms with Gasteiger partial charge in [-0.1, -0.05) is 18.2 Å². The third-order valence-corrected chi connectivity index (χ3v) is 5.69. The number of nitrogens with zero attached hydrogens (tertiary/aromatic N) is 2. The second-order valence-corrected chi connectivity index (χ2v) is 7.69. The Labute approximate surface area is 168 Å². The Kier molecular flexibility index (Phi) is 6.30. The highest BCUT2D eigenvalue weighted by molar-refractivity contribution is 7.92. The highest BCUT2D eigenvalue weighted by Crippen LogP contribution is 2.25. The van der Waals surface area contributed by atoms with Crippen molar-refractivity contribution in [3.05, 3.63) is 78.8 Å². The van der Waals surface area contributed by atoms with E-state index < -0.39 is 22.5 Å². The molecule has 0 saturated heterocycles. The predicted octanol–water partition coefficient (Wildman–Crippen LogP) is 2.63.